The number of ether oxygens (including phenoxy) is 1. The number of carbonyl (C=O) groups is 1. The third kappa shape index (κ3) is 3.32. The summed E-state index contributed by atoms with van der Waals surface area (Å²) in [6.45, 7) is 7.72. The van der Waals surface area contributed by atoms with Crippen molar-refractivity contribution in [1.82, 2.24) is 14.7 Å². The minimum absolute atomic E-state index is 0.0930. The van der Waals surface area contributed by atoms with E-state index in [1.165, 1.54) is 5.69 Å². The van der Waals surface area contributed by atoms with E-state index in [4.69, 9.17) is 4.74 Å². The molecule has 7 heteroatoms. The zero-order chi connectivity index (χ0) is 18.1. The first-order valence-electron chi connectivity index (χ1n) is 8.77. The van der Waals surface area contributed by atoms with Gasteiger partial charge in [-0.15, -0.1) is 11.3 Å². The summed E-state index contributed by atoms with van der Waals surface area (Å²) in [5.74, 6) is -0.0930. The number of nitrogens with zero attached hydrogens (tertiary/aromatic N) is 3. The van der Waals surface area contributed by atoms with Gasteiger partial charge in [0.15, 0.2) is 4.96 Å². The quantitative estimate of drug-likeness (QED) is 0.767. The van der Waals surface area contributed by atoms with E-state index >= 15 is 0 Å². The lowest BCUT2D eigenvalue weighted by Gasteiger charge is -2.29. The summed E-state index contributed by atoms with van der Waals surface area (Å²) in [4.78, 5) is 21.5. The Balaban J connectivity index is 1.48. The maximum atomic E-state index is 12.7. The molecule has 4 rings (SSSR count). The lowest BCUT2D eigenvalue weighted by molar-refractivity contribution is 0.0944. The van der Waals surface area contributed by atoms with Crippen LogP contribution in [0.1, 0.15) is 26.6 Å². The monoisotopic (exact) mass is 370 g/mol. The molecule has 6 nitrogen and oxygen atoms in total. The van der Waals surface area contributed by atoms with Crippen molar-refractivity contribution in [3.63, 3.8) is 0 Å². The molecule has 136 valence electrons. The Labute approximate surface area is 156 Å². The highest BCUT2D eigenvalue weighted by molar-refractivity contribution is 7.17. The van der Waals surface area contributed by atoms with Crippen molar-refractivity contribution in [1.29, 1.82) is 0 Å². The number of benzene rings is 1. The normalized spacial score (nSPS) is 14.8. The van der Waals surface area contributed by atoms with Crippen LogP contribution < -0.4 is 10.2 Å². The number of nitrogens with one attached hydrogen (secondary N) is 1. The maximum Gasteiger partial charge on any atom is 0.270 e. The summed E-state index contributed by atoms with van der Waals surface area (Å²) in [6, 6.07) is 8.32. The summed E-state index contributed by atoms with van der Waals surface area (Å²) < 4.78 is 7.30. The Morgan fingerprint density at radius 2 is 2.12 bits per heavy atom. The standard InChI is InChI=1S/C19H22N4O2S/c1-13-12-23-17(14(2)21-19(23)26-13)18(24)20-11-15-4-3-5-16(10-15)22-6-8-25-9-7-22/h3-5,10,12H,6-9,11H2,1-2H3,(H,20,24). The zero-order valence-corrected chi connectivity index (χ0v) is 15.8. The second-order valence-corrected chi connectivity index (χ2v) is 7.71. The summed E-state index contributed by atoms with van der Waals surface area (Å²) in [5.41, 5.74) is 3.64. The highest BCUT2D eigenvalue weighted by Gasteiger charge is 2.18. The molecule has 1 N–H and O–H groups in total. The van der Waals surface area contributed by atoms with E-state index in [2.05, 4.69) is 27.3 Å². The van der Waals surface area contributed by atoms with Crippen LogP contribution in [-0.2, 0) is 11.3 Å². The molecule has 0 unspecified atom stereocenters. The Kier molecular flexibility index (Phi) is 4.65. The predicted molar refractivity (Wildman–Crippen MR) is 103 cm³/mol. The molecular formula is C19H22N4O2S. The first-order chi connectivity index (χ1) is 12.6. The van der Waals surface area contributed by atoms with Gasteiger partial charge in [-0.1, -0.05) is 12.1 Å². The van der Waals surface area contributed by atoms with Crippen LogP contribution >= 0.6 is 11.3 Å². The fourth-order valence-electron chi connectivity index (χ4n) is 3.29. The minimum atomic E-state index is -0.0930. The lowest BCUT2D eigenvalue weighted by Crippen LogP contribution is -2.36. The first-order valence-corrected chi connectivity index (χ1v) is 9.58. The van der Waals surface area contributed by atoms with Crippen LogP contribution in [-0.4, -0.2) is 41.6 Å². The molecule has 1 aliphatic rings. The van der Waals surface area contributed by atoms with Crippen molar-refractivity contribution in [3.05, 3.63) is 52.3 Å². The fraction of sp³-hybridized carbons (Fsp3) is 0.368. The molecule has 1 fully saturated rings. The van der Waals surface area contributed by atoms with Gasteiger partial charge in [0.05, 0.1) is 18.9 Å². The van der Waals surface area contributed by atoms with Crippen molar-refractivity contribution in [2.45, 2.75) is 20.4 Å². The van der Waals surface area contributed by atoms with Crippen molar-refractivity contribution in [2.24, 2.45) is 0 Å². The molecule has 0 spiro atoms. The molecule has 0 bridgehead atoms. The highest BCUT2D eigenvalue weighted by Crippen LogP contribution is 2.21. The number of aromatic nitrogens is 2. The number of aryl methyl sites for hydroxylation is 2. The Bertz CT molecular complexity index is 940. The summed E-state index contributed by atoms with van der Waals surface area (Å²) in [5, 5.41) is 3.04. The van der Waals surface area contributed by atoms with E-state index in [-0.39, 0.29) is 5.91 Å². The number of carbonyl (C=O) groups excluding carboxylic acids is 1. The minimum Gasteiger partial charge on any atom is -0.378 e. The zero-order valence-electron chi connectivity index (χ0n) is 15.0. The van der Waals surface area contributed by atoms with E-state index in [9.17, 15) is 4.79 Å². The van der Waals surface area contributed by atoms with Gasteiger partial charge in [0, 0.05) is 36.4 Å². The molecule has 1 aromatic carbocycles. The van der Waals surface area contributed by atoms with Crippen molar-refractivity contribution >= 4 is 27.9 Å². The van der Waals surface area contributed by atoms with Crippen LogP contribution in [0.15, 0.2) is 30.5 Å². The van der Waals surface area contributed by atoms with E-state index in [1.807, 2.05) is 36.6 Å². The van der Waals surface area contributed by atoms with Crippen LogP contribution in [0.3, 0.4) is 0 Å². The summed E-state index contributed by atoms with van der Waals surface area (Å²) >= 11 is 1.59. The number of hydrogen-bond donors (Lipinski definition) is 1. The van der Waals surface area contributed by atoms with Crippen LogP contribution in [0.25, 0.3) is 4.96 Å². The topological polar surface area (TPSA) is 58.9 Å². The van der Waals surface area contributed by atoms with Gasteiger partial charge in [-0.25, -0.2) is 4.98 Å². The van der Waals surface area contributed by atoms with Gasteiger partial charge in [0.25, 0.3) is 5.91 Å². The van der Waals surface area contributed by atoms with Crippen LogP contribution in [0.2, 0.25) is 0 Å². The van der Waals surface area contributed by atoms with Gasteiger partial charge in [0.2, 0.25) is 0 Å². The summed E-state index contributed by atoms with van der Waals surface area (Å²) in [6.07, 6.45) is 1.97. The first kappa shape index (κ1) is 17.1. The molecule has 0 saturated carbocycles. The second-order valence-electron chi connectivity index (χ2n) is 6.49. The molecule has 3 heterocycles. The van der Waals surface area contributed by atoms with Gasteiger partial charge >= 0.3 is 0 Å². The van der Waals surface area contributed by atoms with Gasteiger partial charge in [-0.2, -0.15) is 0 Å². The van der Waals surface area contributed by atoms with Gasteiger partial charge in [-0.05, 0) is 31.5 Å². The number of morpholine rings is 1. The third-order valence-corrected chi connectivity index (χ3v) is 5.47. The van der Waals surface area contributed by atoms with E-state index < -0.39 is 0 Å². The molecule has 3 aromatic rings. The molecule has 0 aliphatic carbocycles. The molecule has 1 saturated heterocycles. The number of hydrogen-bond acceptors (Lipinski definition) is 5. The fourth-order valence-corrected chi connectivity index (χ4v) is 4.16. The van der Waals surface area contributed by atoms with Gasteiger partial charge in [-0.3, -0.25) is 9.20 Å². The lowest BCUT2D eigenvalue weighted by atomic mass is 10.1. The number of thiazole rings is 1. The van der Waals surface area contributed by atoms with E-state index in [1.54, 1.807) is 11.3 Å². The van der Waals surface area contributed by atoms with Gasteiger partial charge in [0.1, 0.15) is 5.69 Å². The van der Waals surface area contributed by atoms with E-state index in [0.717, 1.165) is 47.4 Å². The highest BCUT2D eigenvalue weighted by atomic mass is 32.1. The Hall–Kier alpha value is -2.38. The number of amides is 1. The number of fused-ring (bicyclic) bond motifs is 1. The SMILES string of the molecule is Cc1cn2c(C(=O)NCc3cccc(N4CCOCC4)c3)c(C)nc2s1. The number of imidazole rings is 1. The predicted octanol–water partition coefficient (Wildman–Crippen LogP) is 2.78. The third-order valence-electron chi connectivity index (χ3n) is 4.57. The average molecular weight is 370 g/mol. The van der Waals surface area contributed by atoms with Crippen LogP contribution in [0.5, 0.6) is 0 Å². The molecule has 0 radical (unpaired) electrons. The van der Waals surface area contributed by atoms with Crippen molar-refractivity contribution in [2.75, 3.05) is 31.2 Å². The Morgan fingerprint density at radius 1 is 1.31 bits per heavy atom. The number of anilines is 1. The molecular weight excluding hydrogens is 348 g/mol. The van der Waals surface area contributed by atoms with Gasteiger partial charge < -0.3 is 15.0 Å². The molecule has 0 atom stereocenters. The van der Waals surface area contributed by atoms with Crippen LogP contribution in [0, 0.1) is 13.8 Å². The number of rotatable bonds is 4. The average Bonchev–Trinajstić information content (AvgIpc) is 3.15. The van der Waals surface area contributed by atoms with E-state index in [0.29, 0.717) is 12.2 Å². The molecule has 1 aliphatic heterocycles. The van der Waals surface area contributed by atoms with Crippen molar-refractivity contribution in [3.8, 4) is 0 Å². The second kappa shape index (κ2) is 7.09. The molecule has 1 amide bonds. The Morgan fingerprint density at radius 3 is 2.92 bits per heavy atom. The maximum absolute atomic E-state index is 12.7. The largest absolute Gasteiger partial charge is 0.378 e. The van der Waals surface area contributed by atoms with Crippen LogP contribution in [0.4, 0.5) is 5.69 Å². The van der Waals surface area contributed by atoms with Crippen molar-refractivity contribution < 1.29 is 9.53 Å². The molecule has 26 heavy (non-hydrogen) atoms. The smallest absolute Gasteiger partial charge is 0.270 e. The molecule has 2 aromatic heterocycles. The summed E-state index contributed by atoms with van der Waals surface area (Å²) in [7, 11) is 0.